The van der Waals surface area contributed by atoms with E-state index in [1.165, 1.54) is 7.11 Å². The van der Waals surface area contributed by atoms with Gasteiger partial charge in [0.05, 0.1) is 25.3 Å². The number of hydrogen-bond donors (Lipinski definition) is 2. The maximum absolute atomic E-state index is 12.4. The van der Waals surface area contributed by atoms with Crippen LogP contribution >= 0.6 is 0 Å². The van der Waals surface area contributed by atoms with Gasteiger partial charge in [-0.3, -0.25) is 4.79 Å². The van der Waals surface area contributed by atoms with Gasteiger partial charge in [-0.05, 0) is 30.3 Å². The van der Waals surface area contributed by atoms with Gasteiger partial charge in [0.25, 0.3) is 11.4 Å². The molecule has 2 N–H and O–H groups in total. The molecule has 0 fully saturated rings. The third kappa shape index (κ3) is 2.77. The lowest BCUT2D eigenvalue weighted by atomic mass is 10.1. The molecule has 0 atom stereocenters. The van der Waals surface area contributed by atoms with Gasteiger partial charge < -0.3 is 24.1 Å². The monoisotopic (exact) mass is 365 g/mol. The Kier molecular flexibility index (Phi) is 4.00. The molecule has 136 valence electrons. The number of H-pyrrole nitrogens is 1. The van der Waals surface area contributed by atoms with Gasteiger partial charge in [0.2, 0.25) is 5.82 Å². The third-order valence-corrected chi connectivity index (χ3v) is 4.18. The number of aromatic nitrogens is 3. The zero-order valence-electron chi connectivity index (χ0n) is 14.5. The van der Waals surface area contributed by atoms with E-state index >= 15 is 0 Å². The molecule has 2 heterocycles. The van der Waals surface area contributed by atoms with Crippen molar-refractivity contribution in [3.05, 3.63) is 52.8 Å². The molecule has 4 rings (SSSR count). The smallest absolute Gasteiger partial charge is 0.267 e. The number of pyridine rings is 1. The first-order valence-electron chi connectivity index (χ1n) is 8.03. The summed E-state index contributed by atoms with van der Waals surface area (Å²) < 4.78 is 15.8. The number of nitrogens with zero attached hydrogens (tertiary/aromatic N) is 2. The molecule has 27 heavy (non-hydrogen) atoms. The molecule has 0 amide bonds. The van der Waals surface area contributed by atoms with Gasteiger partial charge in [-0.2, -0.15) is 4.98 Å². The predicted octanol–water partition coefficient (Wildman–Crippen LogP) is 2.97. The van der Waals surface area contributed by atoms with E-state index in [2.05, 4.69) is 15.1 Å². The summed E-state index contributed by atoms with van der Waals surface area (Å²) >= 11 is 0. The average Bonchev–Trinajstić information content (AvgIpc) is 3.17. The molecular weight excluding hydrogens is 350 g/mol. The number of para-hydroxylation sites is 1. The van der Waals surface area contributed by atoms with Crippen LogP contribution in [0.25, 0.3) is 33.7 Å². The minimum Gasteiger partial charge on any atom is -0.506 e. The molecule has 0 aliphatic rings. The minimum atomic E-state index is -0.529. The van der Waals surface area contributed by atoms with Gasteiger partial charge in [0, 0.05) is 5.39 Å². The summed E-state index contributed by atoms with van der Waals surface area (Å²) in [6, 6.07) is 12.0. The molecule has 0 saturated heterocycles. The van der Waals surface area contributed by atoms with Crippen molar-refractivity contribution in [2.24, 2.45) is 0 Å². The van der Waals surface area contributed by atoms with Crippen molar-refractivity contribution in [3.63, 3.8) is 0 Å². The highest BCUT2D eigenvalue weighted by Crippen LogP contribution is 2.35. The summed E-state index contributed by atoms with van der Waals surface area (Å²) in [5.74, 6) is 0.984. The van der Waals surface area contributed by atoms with Gasteiger partial charge in [-0.25, -0.2) is 0 Å². The fraction of sp³-hybridized carbons (Fsp3) is 0.105. The van der Waals surface area contributed by atoms with Crippen molar-refractivity contribution in [1.29, 1.82) is 0 Å². The average molecular weight is 365 g/mol. The van der Waals surface area contributed by atoms with Gasteiger partial charge in [0.1, 0.15) is 22.8 Å². The van der Waals surface area contributed by atoms with Crippen LogP contribution in [0.4, 0.5) is 0 Å². The van der Waals surface area contributed by atoms with Crippen molar-refractivity contribution < 1.29 is 19.1 Å². The fourth-order valence-electron chi connectivity index (χ4n) is 2.85. The molecule has 2 aromatic carbocycles. The normalized spacial score (nSPS) is 10.9. The van der Waals surface area contributed by atoms with Crippen molar-refractivity contribution in [1.82, 2.24) is 15.1 Å². The van der Waals surface area contributed by atoms with E-state index in [1.807, 2.05) is 0 Å². The summed E-state index contributed by atoms with van der Waals surface area (Å²) in [6.07, 6.45) is 0. The van der Waals surface area contributed by atoms with E-state index in [-0.39, 0.29) is 23.0 Å². The van der Waals surface area contributed by atoms with Crippen molar-refractivity contribution in [2.45, 2.75) is 0 Å². The number of hydrogen-bond acceptors (Lipinski definition) is 7. The van der Waals surface area contributed by atoms with Gasteiger partial charge >= 0.3 is 0 Å². The van der Waals surface area contributed by atoms with Gasteiger partial charge in [-0.15, -0.1) is 0 Å². The summed E-state index contributed by atoms with van der Waals surface area (Å²) in [7, 11) is 3.06. The first-order valence-corrected chi connectivity index (χ1v) is 8.03. The van der Waals surface area contributed by atoms with Crippen molar-refractivity contribution in [3.8, 4) is 40.1 Å². The molecular formula is C19H15N3O5. The summed E-state index contributed by atoms with van der Waals surface area (Å²) in [5.41, 5.74) is 0.426. The highest BCUT2D eigenvalue weighted by Gasteiger charge is 2.21. The molecule has 0 aliphatic heterocycles. The van der Waals surface area contributed by atoms with Crippen LogP contribution in [0.3, 0.4) is 0 Å². The zero-order valence-corrected chi connectivity index (χ0v) is 14.5. The SMILES string of the molecule is COc1ccc(OC)c(-c2noc(-c3c(O)c4ccccc4[nH]c3=O)n2)c1. The van der Waals surface area contributed by atoms with E-state index in [1.54, 1.807) is 49.6 Å². The van der Waals surface area contributed by atoms with Gasteiger partial charge in [-0.1, -0.05) is 17.3 Å². The van der Waals surface area contributed by atoms with Crippen LogP contribution < -0.4 is 15.0 Å². The lowest BCUT2D eigenvalue weighted by molar-refractivity contribution is 0.402. The van der Waals surface area contributed by atoms with Crippen LogP contribution in [0.5, 0.6) is 17.2 Å². The number of aromatic hydroxyl groups is 1. The van der Waals surface area contributed by atoms with E-state index < -0.39 is 5.56 Å². The molecule has 8 nitrogen and oxygen atoms in total. The summed E-state index contributed by atoms with van der Waals surface area (Å²) in [6.45, 7) is 0. The van der Waals surface area contributed by atoms with Crippen LogP contribution in [0, 0.1) is 0 Å². The third-order valence-electron chi connectivity index (χ3n) is 4.18. The molecule has 0 unspecified atom stereocenters. The van der Waals surface area contributed by atoms with Crippen LogP contribution in [0.2, 0.25) is 0 Å². The largest absolute Gasteiger partial charge is 0.506 e. The van der Waals surface area contributed by atoms with Crippen molar-refractivity contribution >= 4 is 10.9 Å². The first-order chi connectivity index (χ1) is 13.1. The molecule has 0 spiro atoms. The number of aromatic amines is 1. The summed E-state index contributed by atoms with van der Waals surface area (Å²) in [4.78, 5) is 19.4. The quantitative estimate of drug-likeness (QED) is 0.572. The van der Waals surface area contributed by atoms with E-state index in [0.717, 1.165) is 0 Å². The van der Waals surface area contributed by atoms with Crippen LogP contribution in [-0.4, -0.2) is 34.5 Å². The van der Waals surface area contributed by atoms with Crippen molar-refractivity contribution in [2.75, 3.05) is 14.2 Å². The Morgan fingerprint density at radius 3 is 2.70 bits per heavy atom. The topological polar surface area (TPSA) is 110 Å². The number of fused-ring (bicyclic) bond motifs is 1. The molecule has 0 aliphatic carbocycles. The minimum absolute atomic E-state index is 0.0886. The molecule has 8 heteroatoms. The second-order valence-electron chi connectivity index (χ2n) is 5.71. The Bertz CT molecular complexity index is 1200. The Labute approximate surface area is 153 Å². The lowest BCUT2D eigenvalue weighted by Gasteiger charge is -2.07. The van der Waals surface area contributed by atoms with Crippen LogP contribution in [0.1, 0.15) is 0 Å². The first kappa shape index (κ1) is 16.6. The zero-order chi connectivity index (χ0) is 19.0. The maximum atomic E-state index is 12.4. The van der Waals surface area contributed by atoms with E-state index in [4.69, 9.17) is 14.0 Å². The second-order valence-corrected chi connectivity index (χ2v) is 5.71. The number of benzene rings is 2. The highest BCUT2D eigenvalue weighted by atomic mass is 16.5. The standard InChI is InChI=1S/C19H15N3O5/c1-25-10-7-8-14(26-2)12(9-10)17-21-19(27-22-17)15-16(23)11-5-3-4-6-13(11)20-18(15)24/h3-9H,1-2H3,(H2,20,23,24). The predicted molar refractivity (Wildman–Crippen MR) is 98.1 cm³/mol. The number of methoxy groups -OCH3 is 2. The maximum Gasteiger partial charge on any atom is 0.267 e. The Hall–Kier alpha value is -3.81. The Morgan fingerprint density at radius 1 is 1.11 bits per heavy atom. The highest BCUT2D eigenvalue weighted by molar-refractivity contribution is 5.90. The Balaban J connectivity index is 1.87. The fourth-order valence-corrected chi connectivity index (χ4v) is 2.85. The van der Waals surface area contributed by atoms with E-state index in [0.29, 0.717) is 28.0 Å². The molecule has 0 bridgehead atoms. The van der Waals surface area contributed by atoms with Crippen LogP contribution in [0.15, 0.2) is 51.8 Å². The second kappa shape index (κ2) is 6.49. The van der Waals surface area contributed by atoms with Gasteiger partial charge in [0.15, 0.2) is 0 Å². The molecule has 2 aromatic heterocycles. The Morgan fingerprint density at radius 2 is 1.93 bits per heavy atom. The molecule has 0 radical (unpaired) electrons. The number of rotatable bonds is 4. The van der Waals surface area contributed by atoms with Crippen LogP contribution in [-0.2, 0) is 0 Å². The van der Waals surface area contributed by atoms with E-state index in [9.17, 15) is 9.90 Å². The number of ether oxygens (including phenoxy) is 2. The molecule has 4 aromatic rings. The summed E-state index contributed by atoms with van der Waals surface area (Å²) in [5, 5.41) is 15.0. The lowest BCUT2D eigenvalue weighted by Crippen LogP contribution is -2.09. The number of nitrogens with one attached hydrogen (secondary N) is 1. The molecule has 0 saturated carbocycles.